The van der Waals surface area contributed by atoms with Crippen LogP contribution in [0.15, 0.2) is 57.7 Å². The number of fused-ring (bicyclic) bond motifs is 1. The van der Waals surface area contributed by atoms with E-state index in [1.807, 2.05) is 49.4 Å². The zero-order valence-corrected chi connectivity index (χ0v) is 12.4. The summed E-state index contributed by atoms with van der Waals surface area (Å²) >= 11 is 0. The normalized spacial score (nSPS) is 12.5. The first-order valence-electron chi connectivity index (χ1n) is 7.25. The Balaban J connectivity index is 1.85. The van der Waals surface area contributed by atoms with E-state index < -0.39 is 0 Å². The van der Waals surface area contributed by atoms with Gasteiger partial charge in [0.05, 0.1) is 12.1 Å². The lowest BCUT2D eigenvalue weighted by Gasteiger charge is -2.13. The van der Waals surface area contributed by atoms with E-state index in [1.165, 1.54) is 0 Å². The Morgan fingerprint density at radius 1 is 1.18 bits per heavy atom. The van der Waals surface area contributed by atoms with E-state index in [9.17, 15) is 4.79 Å². The molecule has 0 radical (unpaired) electrons. The van der Waals surface area contributed by atoms with E-state index in [2.05, 4.69) is 0 Å². The van der Waals surface area contributed by atoms with Crippen LogP contribution in [-0.4, -0.2) is 11.2 Å². The number of oxazole rings is 1. The molecule has 3 rings (SSSR count). The standard InChI is InChI=1S/C17H18N2O3/c1-2-21-13-9-7-12(8-10-13)14(18)11-19-15-5-3-4-6-16(15)22-17(19)20/h3-10,14H,2,11,18H2,1H3. The molecule has 0 aliphatic heterocycles. The molecule has 5 nitrogen and oxygen atoms in total. The minimum atomic E-state index is -0.386. The van der Waals surface area contributed by atoms with Gasteiger partial charge in [-0.3, -0.25) is 4.57 Å². The van der Waals surface area contributed by atoms with Crippen molar-refractivity contribution in [2.45, 2.75) is 19.5 Å². The van der Waals surface area contributed by atoms with Gasteiger partial charge in [0.15, 0.2) is 5.58 Å². The van der Waals surface area contributed by atoms with Crippen molar-refractivity contribution in [3.8, 4) is 5.75 Å². The van der Waals surface area contributed by atoms with Gasteiger partial charge in [-0.1, -0.05) is 24.3 Å². The predicted octanol–water partition coefficient (Wildman–Crippen LogP) is 2.69. The fourth-order valence-corrected chi connectivity index (χ4v) is 2.47. The van der Waals surface area contributed by atoms with Crippen molar-refractivity contribution in [1.29, 1.82) is 0 Å². The Labute approximate surface area is 127 Å². The molecule has 0 aliphatic carbocycles. The van der Waals surface area contributed by atoms with E-state index in [-0.39, 0.29) is 11.8 Å². The molecular weight excluding hydrogens is 280 g/mol. The quantitative estimate of drug-likeness (QED) is 0.786. The molecule has 3 aromatic rings. The van der Waals surface area contributed by atoms with Crippen molar-refractivity contribution in [3.05, 3.63) is 64.6 Å². The van der Waals surface area contributed by atoms with Crippen LogP contribution in [0.3, 0.4) is 0 Å². The number of benzene rings is 2. The van der Waals surface area contributed by atoms with Gasteiger partial charge in [0, 0.05) is 12.6 Å². The van der Waals surface area contributed by atoms with Crippen LogP contribution in [-0.2, 0) is 6.54 Å². The number of nitrogens with two attached hydrogens (primary N) is 1. The fraction of sp³-hybridized carbons (Fsp3) is 0.235. The summed E-state index contributed by atoms with van der Waals surface area (Å²) in [6.45, 7) is 2.93. The van der Waals surface area contributed by atoms with Gasteiger partial charge in [0.25, 0.3) is 0 Å². The molecule has 0 amide bonds. The Morgan fingerprint density at radius 2 is 1.91 bits per heavy atom. The molecule has 0 saturated carbocycles. The highest BCUT2D eigenvalue weighted by Gasteiger charge is 2.13. The maximum Gasteiger partial charge on any atom is 0.420 e. The number of para-hydroxylation sites is 2. The minimum Gasteiger partial charge on any atom is -0.494 e. The summed E-state index contributed by atoms with van der Waals surface area (Å²) in [4.78, 5) is 12.0. The van der Waals surface area contributed by atoms with Crippen LogP contribution in [0.25, 0.3) is 11.1 Å². The summed E-state index contributed by atoms with van der Waals surface area (Å²) in [5.41, 5.74) is 8.51. The topological polar surface area (TPSA) is 70.4 Å². The van der Waals surface area contributed by atoms with Crippen LogP contribution in [0.2, 0.25) is 0 Å². The van der Waals surface area contributed by atoms with Gasteiger partial charge in [-0.2, -0.15) is 0 Å². The minimum absolute atomic E-state index is 0.297. The highest BCUT2D eigenvalue weighted by Crippen LogP contribution is 2.19. The third kappa shape index (κ3) is 2.76. The summed E-state index contributed by atoms with van der Waals surface area (Å²) in [5.74, 6) is 0.423. The lowest BCUT2D eigenvalue weighted by molar-refractivity contribution is 0.340. The first-order valence-corrected chi connectivity index (χ1v) is 7.25. The zero-order valence-electron chi connectivity index (χ0n) is 12.4. The lowest BCUT2D eigenvalue weighted by Crippen LogP contribution is -2.23. The Morgan fingerprint density at radius 3 is 2.64 bits per heavy atom. The molecular formula is C17H18N2O3. The summed E-state index contributed by atoms with van der Waals surface area (Å²) in [5, 5.41) is 0. The van der Waals surface area contributed by atoms with Crippen molar-refractivity contribution < 1.29 is 9.15 Å². The summed E-state index contributed by atoms with van der Waals surface area (Å²) in [6.07, 6.45) is 0. The van der Waals surface area contributed by atoms with Crippen molar-refractivity contribution >= 4 is 11.1 Å². The summed E-state index contributed by atoms with van der Waals surface area (Å²) in [6, 6.07) is 14.6. The van der Waals surface area contributed by atoms with Gasteiger partial charge in [-0.25, -0.2) is 4.79 Å². The molecule has 1 atom stereocenters. The SMILES string of the molecule is CCOc1ccc(C(N)Cn2c(=O)oc3ccccc32)cc1. The smallest absolute Gasteiger partial charge is 0.420 e. The van der Waals surface area contributed by atoms with Crippen LogP contribution in [0, 0.1) is 0 Å². The Hall–Kier alpha value is -2.53. The maximum atomic E-state index is 12.0. The highest BCUT2D eigenvalue weighted by atomic mass is 16.5. The van der Waals surface area contributed by atoms with Crippen LogP contribution >= 0.6 is 0 Å². The first kappa shape index (κ1) is 14.4. The van der Waals surface area contributed by atoms with E-state index >= 15 is 0 Å². The van der Waals surface area contributed by atoms with E-state index in [0.717, 1.165) is 16.8 Å². The third-order valence-electron chi connectivity index (χ3n) is 3.57. The number of hydrogen-bond acceptors (Lipinski definition) is 4. The average molecular weight is 298 g/mol. The number of ether oxygens (including phenoxy) is 1. The molecule has 1 aromatic heterocycles. The molecule has 0 bridgehead atoms. The number of hydrogen-bond donors (Lipinski definition) is 1. The van der Waals surface area contributed by atoms with Crippen molar-refractivity contribution in [1.82, 2.24) is 4.57 Å². The van der Waals surface area contributed by atoms with Gasteiger partial charge in [-0.05, 0) is 36.8 Å². The van der Waals surface area contributed by atoms with Crippen LogP contribution in [0.4, 0.5) is 0 Å². The van der Waals surface area contributed by atoms with Gasteiger partial charge >= 0.3 is 5.76 Å². The monoisotopic (exact) mass is 298 g/mol. The zero-order chi connectivity index (χ0) is 15.5. The molecule has 22 heavy (non-hydrogen) atoms. The van der Waals surface area contributed by atoms with E-state index in [1.54, 1.807) is 10.6 Å². The second kappa shape index (κ2) is 6.07. The summed E-state index contributed by atoms with van der Waals surface area (Å²) in [7, 11) is 0. The van der Waals surface area contributed by atoms with Gasteiger partial charge in [0.1, 0.15) is 5.75 Å². The van der Waals surface area contributed by atoms with E-state index in [4.69, 9.17) is 14.9 Å². The largest absolute Gasteiger partial charge is 0.494 e. The highest BCUT2D eigenvalue weighted by molar-refractivity contribution is 5.72. The molecule has 0 spiro atoms. The molecule has 2 N–H and O–H groups in total. The molecule has 5 heteroatoms. The molecule has 114 valence electrons. The van der Waals surface area contributed by atoms with Crippen LogP contribution < -0.4 is 16.2 Å². The average Bonchev–Trinajstić information content (AvgIpc) is 2.84. The molecule has 1 heterocycles. The first-order chi connectivity index (χ1) is 10.7. The number of aromatic nitrogens is 1. The van der Waals surface area contributed by atoms with Crippen molar-refractivity contribution in [2.24, 2.45) is 5.73 Å². The Bertz CT molecular complexity index is 818. The van der Waals surface area contributed by atoms with Crippen LogP contribution in [0.5, 0.6) is 5.75 Å². The third-order valence-corrected chi connectivity index (χ3v) is 3.57. The fourth-order valence-electron chi connectivity index (χ4n) is 2.47. The molecule has 0 aliphatic rings. The van der Waals surface area contributed by atoms with Gasteiger partial charge in [0.2, 0.25) is 0 Å². The van der Waals surface area contributed by atoms with Crippen molar-refractivity contribution in [3.63, 3.8) is 0 Å². The maximum absolute atomic E-state index is 12.0. The van der Waals surface area contributed by atoms with Gasteiger partial charge < -0.3 is 14.9 Å². The predicted molar refractivity (Wildman–Crippen MR) is 85.0 cm³/mol. The van der Waals surface area contributed by atoms with Crippen LogP contribution in [0.1, 0.15) is 18.5 Å². The van der Waals surface area contributed by atoms with E-state index in [0.29, 0.717) is 18.7 Å². The second-order valence-corrected chi connectivity index (χ2v) is 5.05. The summed E-state index contributed by atoms with van der Waals surface area (Å²) < 4.78 is 12.2. The lowest BCUT2D eigenvalue weighted by atomic mass is 10.1. The number of rotatable bonds is 5. The molecule has 2 aromatic carbocycles. The molecule has 0 saturated heterocycles. The Kier molecular flexibility index (Phi) is 3.98. The number of nitrogens with zero attached hydrogens (tertiary/aromatic N) is 1. The van der Waals surface area contributed by atoms with Gasteiger partial charge in [-0.15, -0.1) is 0 Å². The molecule has 1 unspecified atom stereocenters. The van der Waals surface area contributed by atoms with Crippen molar-refractivity contribution in [2.75, 3.05) is 6.61 Å². The molecule has 0 fully saturated rings. The second-order valence-electron chi connectivity index (χ2n) is 5.05.